The first-order valence-electron chi connectivity index (χ1n) is 15.0. The summed E-state index contributed by atoms with van der Waals surface area (Å²) in [7, 11) is 0. The van der Waals surface area contributed by atoms with Crippen LogP contribution in [0.3, 0.4) is 0 Å². The Bertz CT molecular complexity index is 1660. The topological polar surface area (TPSA) is 105 Å². The van der Waals surface area contributed by atoms with Crippen LogP contribution >= 0.6 is 0 Å². The normalized spacial score (nSPS) is 20.5. The van der Waals surface area contributed by atoms with Gasteiger partial charge in [-0.2, -0.15) is 13.2 Å². The fraction of sp³-hybridized carbons (Fsp3) is 0.314. The molecule has 9 nitrogen and oxygen atoms in total. The molecule has 1 N–H and O–H groups in total. The molecule has 3 amide bonds. The monoisotopic (exact) mass is 649 g/mol. The summed E-state index contributed by atoms with van der Waals surface area (Å²) in [5.41, 5.74) is -0.314. The Morgan fingerprint density at radius 3 is 2.28 bits per heavy atom. The van der Waals surface area contributed by atoms with Crippen LogP contribution in [-0.4, -0.2) is 64.0 Å². The first kappa shape index (κ1) is 33.2. The highest BCUT2D eigenvalue weighted by Gasteiger charge is 2.60. The number of nitrogens with one attached hydrogen (secondary N) is 1. The number of carbonyl (C=O) groups is 4. The molecule has 0 radical (unpaired) electrons. The Balaban J connectivity index is 1.49. The lowest BCUT2D eigenvalue weighted by Gasteiger charge is -2.51. The van der Waals surface area contributed by atoms with Crippen LogP contribution in [0.25, 0.3) is 6.08 Å². The summed E-state index contributed by atoms with van der Waals surface area (Å²) in [5, 5.41) is 2.51. The number of alkyl halides is 3. The number of hydrogen-bond donors (Lipinski definition) is 1. The number of hydrogen-bond acceptors (Lipinski definition) is 6. The molecule has 2 aliphatic rings. The Morgan fingerprint density at radius 2 is 1.64 bits per heavy atom. The van der Waals surface area contributed by atoms with Crippen molar-refractivity contribution in [2.24, 2.45) is 0 Å². The van der Waals surface area contributed by atoms with Gasteiger partial charge in [0.2, 0.25) is 11.9 Å². The maximum absolute atomic E-state index is 14.1. The molecule has 0 aliphatic carbocycles. The van der Waals surface area contributed by atoms with Crippen molar-refractivity contribution in [3.05, 3.63) is 113 Å². The van der Waals surface area contributed by atoms with Crippen LogP contribution in [-0.2, 0) is 36.6 Å². The van der Waals surface area contributed by atoms with Crippen LogP contribution in [0.4, 0.5) is 18.0 Å². The van der Waals surface area contributed by atoms with Gasteiger partial charge in [0.15, 0.2) is 0 Å². The van der Waals surface area contributed by atoms with Gasteiger partial charge in [0.05, 0.1) is 17.6 Å². The van der Waals surface area contributed by atoms with E-state index < -0.39 is 65.4 Å². The number of halogens is 3. The van der Waals surface area contributed by atoms with Crippen molar-refractivity contribution >= 4 is 30.0 Å². The van der Waals surface area contributed by atoms with Gasteiger partial charge in [0, 0.05) is 6.54 Å². The molecule has 3 aromatic rings. The van der Waals surface area contributed by atoms with Crippen molar-refractivity contribution in [1.29, 1.82) is 0 Å². The first-order chi connectivity index (χ1) is 22.2. The van der Waals surface area contributed by atoms with Gasteiger partial charge < -0.3 is 19.7 Å². The number of benzene rings is 3. The van der Waals surface area contributed by atoms with Crippen LogP contribution < -0.4 is 5.32 Å². The summed E-state index contributed by atoms with van der Waals surface area (Å²) in [6, 6.07) is 18.0. The molecular formula is C35H34F3N3O6. The molecule has 0 bridgehead atoms. The van der Waals surface area contributed by atoms with Crippen molar-refractivity contribution in [2.45, 2.75) is 63.3 Å². The number of esters is 1. The van der Waals surface area contributed by atoms with E-state index in [1.807, 2.05) is 36.4 Å². The minimum Gasteiger partial charge on any atom is -0.458 e. The number of nitrogens with zero attached hydrogens (tertiary/aromatic N) is 2. The Kier molecular flexibility index (Phi) is 9.41. The van der Waals surface area contributed by atoms with Crippen molar-refractivity contribution in [3.63, 3.8) is 0 Å². The van der Waals surface area contributed by atoms with Gasteiger partial charge in [0.1, 0.15) is 18.2 Å². The SMILES string of the molecule is CC(C)(C)OC(=O)C(C(=O)NCc1cccc(C(F)(F)F)c1)N1C(=O)C(N2C(=O)OC[C@@H]2c2ccccc2)C1C=Cc1ccccc1. The predicted octanol–water partition coefficient (Wildman–Crippen LogP) is 5.52. The number of ether oxygens (including phenoxy) is 2. The summed E-state index contributed by atoms with van der Waals surface area (Å²) in [6.07, 6.45) is -1.97. The summed E-state index contributed by atoms with van der Waals surface area (Å²) >= 11 is 0. The lowest BCUT2D eigenvalue weighted by Crippen LogP contribution is -2.75. The van der Waals surface area contributed by atoms with Crippen molar-refractivity contribution in [1.82, 2.24) is 15.1 Å². The van der Waals surface area contributed by atoms with Gasteiger partial charge in [-0.05, 0) is 49.6 Å². The number of cyclic esters (lactones) is 1. The van der Waals surface area contributed by atoms with Crippen molar-refractivity contribution in [2.75, 3.05) is 6.61 Å². The number of amides is 3. The molecule has 0 spiro atoms. The van der Waals surface area contributed by atoms with E-state index in [2.05, 4.69) is 5.32 Å². The van der Waals surface area contributed by atoms with E-state index >= 15 is 0 Å². The minimum absolute atomic E-state index is 0.00524. The van der Waals surface area contributed by atoms with Crippen LogP contribution in [0.15, 0.2) is 91.0 Å². The molecule has 4 atom stereocenters. The van der Waals surface area contributed by atoms with Gasteiger partial charge in [-0.3, -0.25) is 14.5 Å². The third-order valence-electron chi connectivity index (χ3n) is 7.71. The summed E-state index contributed by atoms with van der Waals surface area (Å²) in [4.78, 5) is 56.9. The Morgan fingerprint density at radius 1 is 0.979 bits per heavy atom. The molecule has 3 aromatic carbocycles. The van der Waals surface area contributed by atoms with E-state index in [-0.39, 0.29) is 18.7 Å². The standard InChI is InChI=1S/C35H34F3N3O6/c1-34(2,3)47-32(44)29(30(42)39-20-23-13-10-16-25(19-23)35(36,37)38)40-26(18-17-22-11-6-4-7-12-22)28(31(40)43)41-27(21-46-33(41)45)24-14-8-5-9-15-24/h4-19,26-29H,20-21H2,1-3H3,(H,39,42)/t26?,27-,28?,29?/m1/s1. The zero-order chi connectivity index (χ0) is 33.9. The molecule has 246 valence electrons. The number of rotatable bonds is 9. The van der Waals surface area contributed by atoms with Gasteiger partial charge in [-0.15, -0.1) is 0 Å². The number of likely N-dealkylation sites (tertiary alicyclic amines) is 1. The largest absolute Gasteiger partial charge is 0.458 e. The molecule has 12 heteroatoms. The highest BCUT2D eigenvalue weighted by molar-refractivity contribution is 6.08. The molecule has 5 rings (SSSR count). The predicted molar refractivity (Wildman–Crippen MR) is 165 cm³/mol. The van der Waals surface area contributed by atoms with E-state index in [0.717, 1.165) is 28.2 Å². The highest BCUT2D eigenvalue weighted by atomic mass is 19.4. The second-order valence-corrected chi connectivity index (χ2v) is 12.2. The molecule has 2 aliphatic heterocycles. The quantitative estimate of drug-likeness (QED) is 0.186. The zero-order valence-corrected chi connectivity index (χ0v) is 25.9. The lowest BCUT2D eigenvalue weighted by atomic mass is 9.88. The number of β-lactam (4-membered cyclic amide) rings is 1. The van der Waals surface area contributed by atoms with E-state index in [0.29, 0.717) is 0 Å². The molecular weight excluding hydrogens is 615 g/mol. The summed E-state index contributed by atoms with van der Waals surface area (Å²) < 4.78 is 50.8. The molecule has 2 saturated heterocycles. The Labute approximate surface area is 269 Å². The van der Waals surface area contributed by atoms with E-state index in [1.54, 1.807) is 57.2 Å². The highest BCUT2D eigenvalue weighted by Crippen LogP contribution is 2.39. The van der Waals surface area contributed by atoms with E-state index in [4.69, 9.17) is 9.47 Å². The van der Waals surface area contributed by atoms with Gasteiger partial charge in [-0.1, -0.05) is 84.9 Å². The molecule has 2 heterocycles. The van der Waals surface area contributed by atoms with Crippen LogP contribution in [0, 0.1) is 0 Å². The minimum atomic E-state index is -4.59. The van der Waals surface area contributed by atoms with Gasteiger partial charge in [0.25, 0.3) is 5.91 Å². The van der Waals surface area contributed by atoms with Crippen LogP contribution in [0.1, 0.15) is 49.1 Å². The lowest BCUT2D eigenvalue weighted by molar-refractivity contribution is -0.179. The first-order valence-corrected chi connectivity index (χ1v) is 15.0. The smallest absolute Gasteiger partial charge is 0.416 e. The third kappa shape index (κ3) is 7.48. The molecule has 47 heavy (non-hydrogen) atoms. The third-order valence-corrected chi connectivity index (χ3v) is 7.71. The molecule has 0 saturated carbocycles. The Hall–Kier alpha value is -5.13. The maximum Gasteiger partial charge on any atom is 0.416 e. The maximum atomic E-state index is 14.1. The van der Waals surface area contributed by atoms with E-state index in [1.165, 1.54) is 17.0 Å². The zero-order valence-electron chi connectivity index (χ0n) is 25.9. The summed E-state index contributed by atoms with van der Waals surface area (Å²) in [6.45, 7) is 4.43. The molecule has 3 unspecified atom stereocenters. The fourth-order valence-corrected chi connectivity index (χ4v) is 5.59. The van der Waals surface area contributed by atoms with Gasteiger partial charge >= 0.3 is 18.2 Å². The molecule has 2 fully saturated rings. The second-order valence-electron chi connectivity index (χ2n) is 12.2. The average Bonchev–Trinajstić information content (AvgIpc) is 3.40. The van der Waals surface area contributed by atoms with Crippen LogP contribution in [0.5, 0.6) is 0 Å². The molecule has 0 aromatic heterocycles. The average molecular weight is 650 g/mol. The fourth-order valence-electron chi connectivity index (χ4n) is 5.59. The van der Waals surface area contributed by atoms with E-state index in [9.17, 15) is 32.3 Å². The second kappa shape index (κ2) is 13.3. The van der Waals surface area contributed by atoms with Crippen molar-refractivity contribution in [3.8, 4) is 0 Å². The van der Waals surface area contributed by atoms with Crippen LogP contribution in [0.2, 0.25) is 0 Å². The number of carbonyl (C=O) groups excluding carboxylic acids is 4. The van der Waals surface area contributed by atoms with Gasteiger partial charge in [-0.25, -0.2) is 9.59 Å². The van der Waals surface area contributed by atoms with Crippen molar-refractivity contribution < 1.29 is 41.8 Å². The summed E-state index contributed by atoms with van der Waals surface area (Å²) in [5.74, 6) is -2.68.